The van der Waals surface area contributed by atoms with E-state index < -0.39 is 0 Å². The van der Waals surface area contributed by atoms with Gasteiger partial charge in [-0.1, -0.05) is 37.3 Å². The summed E-state index contributed by atoms with van der Waals surface area (Å²) in [7, 11) is 0. The summed E-state index contributed by atoms with van der Waals surface area (Å²) in [6, 6.07) is 10.9. The highest BCUT2D eigenvalue weighted by molar-refractivity contribution is 5.75. The maximum Gasteiger partial charge on any atom is 0.315 e. The van der Waals surface area contributed by atoms with Gasteiger partial charge in [-0.05, 0) is 74.2 Å². The quantitative estimate of drug-likeness (QED) is 0.597. The lowest BCUT2D eigenvalue weighted by atomic mass is 9.53. The highest BCUT2D eigenvalue weighted by Gasteiger charge is 2.65. The lowest BCUT2D eigenvalue weighted by Gasteiger charge is -2.51. The molecule has 3 aliphatic heterocycles. The second-order valence-corrected chi connectivity index (χ2v) is 11.7. The van der Waals surface area contributed by atoms with Gasteiger partial charge < -0.3 is 14.4 Å². The molecule has 1 aromatic rings. The fourth-order valence-corrected chi connectivity index (χ4v) is 7.94. The van der Waals surface area contributed by atoms with Crippen molar-refractivity contribution in [2.75, 3.05) is 26.2 Å². The van der Waals surface area contributed by atoms with Crippen LogP contribution < -0.4 is 4.90 Å². The molecule has 168 valence electrons. The van der Waals surface area contributed by atoms with Gasteiger partial charge in [0.1, 0.15) is 12.0 Å². The van der Waals surface area contributed by atoms with Crippen molar-refractivity contribution in [3.8, 4) is 0 Å². The number of nitrogens with one attached hydrogen (secondary N) is 1. The zero-order chi connectivity index (χ0) is 21.1. The molecule has 5 fully saturated rings. The molecule has 1 spiro atoms. The Labute approximate surface area is 186 Å². The smallest absolute Gasteiger partial charge is 0.315 e. The van der Waals surface area contributed by atoms with Gasteiger partial charge in [-0.3, -0.25) is 4.79 Å². The third-order valence-corrected chi connectivity index (χ3v) is 9.77. The van der Waals surface area contributed by atoms with Crippen LogP contribution in [-0.2, 0) is 20.7 Å². The summed E-state index contributed by atoms with van der Waals surface area (Å²) in [4.78, 5) is 14.6. The fraction of sp³-hybridized carbons (Fsp3) is 0.741. The lowest BCUT2D eigenvalue weighted by molar-refractivity contribution is -0.908. The minimum Gasteiger partial charge on any atom is -0.462 e. The van der Waals surface area contributed by atoms with Crippen LogP contribution >= 0.6 is 0 Å². The summed E-state index contributed by atoms with van der Waals surface area (Å²) >= 11 is 0. The van der Waals surface area contributed by atoms with Crippen LogP contribution in [0.3, 0.4) is 0 Å². The van der Waals surface area contributed by atoms with Gasteiger partial charge in [0, 0.05) is 5.92 Å². The van der Waals surface area contributed by atoms with E-state index in [-0.39, 0.29) is 23.6 Å². The Morgan fingerprint density at radius 3 is 2.65 bits per heavy atom. The maximum atomic E-state index is 12.9. The number of esters is 1. The molecule has 6 atom stereocenters. The van der Waals surface area contributed by atoms with Gasteiger partial charge >= 0.3 is 5.97 Å². The number of hydrogen-bond acceptors (Lipinski definition) is 3. The number of carbonyl (C=O) groups excluding carboxylic acids is 1. The van der Waals surface area contributed by atoms with Crippen molar-refractivity contribution >= 4 is 5.97 Å². The van der Waals surface area contributed by atoms with Crippen molar-refractivity contribution in [2.45, 2.75) is 70.0 Å². The summed E-state index contributed by atoms with van der Waals surface area (Å²) < 4.78 is 12.1. The highest BCUT2D eigenvalue weighted by Crippen LogP contribution is 2.62. The van der Waals surface area contributed by atoms with E-state index >= 15 is 0 Å². The van der Waals surface area contributed by atoms with Crippen LogP contribution in [0.4, 0.5) is 0 Å². The molecule has 0 unspecified atom stereocenters. The van der Waals surface area contributed by atoms with E-state index in [0.29, 0.717) is 17.3 Å². The molecule has 4 heteroatoms. The monoisotopic (exact) mass is 424 g/mol. The largest absolute Gasteiger partial charge is 0.462 e. The Hall–Kier alpha value is -1.39. The number of likely N-dealkylation sites (tertiary alicyclic amines) is 1. The van der Waals surface area contributed by atoms with Gasteiger partial charge in [0.05, 0.1) is 31.8 Å². The average molecular weight is 425 g/mol. The second-order valence-electron chi connectivity index (χ2n) is 11.7. The number of benzene rings is 1. The van der Waals surface area contributed by atoms with Gasteiger partial charge in [0.25, 0.3) is 0 Å². The van der Waals surface area contributed by atoms with E-state index in [4.69, 9.17) is 9.47 Å². The van der Waals surface area contributed by atoms with Crippen molar-refractivity contribution in [1.29, 1.82) is 0 Å². The number of epoxide rings is 1. The van der Waals surface area contributed by atoms with Crippen molar-refractivity contribution in [2.24, 2.45) is 29.1 Å². The van der Waals surface area contributed by atoms with Gasteiger partial charge in [0.15, 0.2) is 0 Å². The molecule has 6 rings (SSSR count). The van der Waals surface area contributed by atoms with E-state index in [9.17, 15) is 4.79 Å². The number of fused-ring (bicyclic) bond motifs is 3. The molecule has 1 N–H and O–H groups in total. The molecular formula is C27H38NO3+. The number of carbonyl (C=O) groups is 1. The molecule has 0 aromatic heterocycles. The highest BCUT2D eigenvalue weighted by atomic mass is 16.6. The van der Waals surface area contributed by atoms with Crippen LogP contribution in [0.25, 0.3) is 0 Å². The maximum absolute atomic E-state index is 12.9. The number of rotatable bonds is 4. The molecule has 0 radical (unpaired) electrons. The first kappa shape index (κ1) is 20.2. The Kier molecular flexibility index (Phi) is 4.95. The molecule has 3 heterocycles. The van der Waals surface area contributed by atoms with E-state index in [1.165, 1.54) is 57.2 Å². The van der Waals surface area contributed by atoms with Crippen molar-refractivity contribution in [3.63, 3.8) is 0 Å². The predicted molar refractivity (Wildman–Crippen MR) is 119 cm³/mol. The molecule has 2 aliphatic carbocycles. The third-order valence-electron chi connectivity index (χ3n) is 9.77. The van der Waals surface area contributed by atoms with Gasteiger partial charge in [0.2, 0.25) is 0 Å². The minimum absolute atomic E-state index is 0.0990. The van der Waals surface area contributed by atoms with E-state index in [0.717, 1.165) is 31.9 Å². The Balaban J connectivity index is 1.08. The molecule has 3 saturated heterocycles. The van der Waals surface area contributed by atoms with Gasteiger partial charge in [-0.2, -0.15) is 0 Å². The summed E-state index contributed by atoms with van der Waals surface area (Å²) in [6.07, 6.45) is 9.87. The molecule has 31 heavy (non-hydrogen) atoms. The van der Waals surface area contributed by atoms with Gasteiger partial charge in [-0.25, -0.2) is 0 Å². The van der Waals surface area contributed by atoms with Crippen LogP contribution in [0.1, 0.15) is 57.4 Å². The number of quaternary nitrogens is 1. The summed E-state index contributed by atoms with van der Waals surface area (Å²) in [5.74, 6) is 2.03. The first-order valence-corrected chi connectivity index (χ1v) is 12.8. The topological polar surface area (TPSA) is 43.3 Å². The first-order valence-electron chi connectivity index (χ1n) is 12.8. The first-order chi connectivity index (χ1) is 15.0. The molecule has 0 amide bonds. The van der Waals surface area contributed by atoms with Crippen LogP contribution in [0.2, 0.25) is 0 Å². The minimum atomic E-state index is 0.0990. The SMILES string of the molecule is C[C@]12CCC[C@@]3(CO3)[C@@H]1C[C@H]1[C@@H](C2)OC(=O)[C@@H]1C[NH+]1CCC(Cc2ccccc2)CC1. The van der Waals surface area contributed by atoms with Crippen molar-refractivity contribution < 1.29 is 19.2 Å². The number of piperidine rings is 1. The van der Waals surface area contributed by atoms with Crippen LogP contribution in [0.5, 0.6) is 0 Å². The molecule has 0 bridgehead atoms. The van der Waals surface area contributed by atoms with Crippen molar-refractivity contribution in [3.05, 3.63) is 35.9 Å². The molecule has 2 saturated carbocycles. The third kappa shape index (κ3) is 3.64. The van der Waals surface area contributed by atoms with E-state index in [1.54, 1.807) is 4.90 Å². The number of ether oxygens (including phenoxy) is 2. The summed E-state index contributed by atoms with van der Waals surface area (Å²) in [5, 5.41) is 0. The second kappa shape index (κ2) is 7.59. The summed E-state index contributed by atoms with van der Waals surface area (Å²) in [6.45, 7) is 6.78. The van der Waals surface area contributed by atoms with Gasteiger partial charge in [-0.15, -0.1) is 0 Å². The lowest BCUT2D eigenvalue weighted by Crippen LogP contribution is -3.14. The molecule has 1 aromatic carbocycles. The standard InChI is InChI=1S/C27H37NO3/c1-26-10-5-11-27(18-30-27)24(26)15-21-22(25(29)31-23(21)16-26)17-28-12-8-20(9-13-28)14-19-6-3-2-4-7-19/h2-4,6-7,20-24H,5,8-18H2,1H3/p+1/t21-,22-,23-,24-,26-,27-/m1/s1. The summed E-state index contributed by atoms with van der Waals surface area (Å²) in [5.41, 5.74) is 1.91. The Morgan fingerprint density at radius 2 is 1.90 bits per heavy atom. The van der Waals surface area contributed by atoms with Crippen LogP contribution in [0.15, 0.2) is 30.3 Å². The molecule has 5 aliphatic rings. The van der Waals surface area contributed by atoms with E-state index in [1.807, 2.05) is 0 Å². The van der Waals surface area contributed by atoms with Crippen LogP contribution in [0, 0.1) is 29.1 Å². The predicted octanol–water partition coefficient (Wildman–Crippen LogP) is 3.05. The Morgan fingerprint density at radius 1 is 1.13 bits per heavy atom. The van der Waals surface area contributed by atoms with E-state index in [2.05, 4.69) is 37.3 Å². The Bertz CT molecular complexity index is 813. The zero-order valence-electron chi connectivity index (χ0n) is 19.0. The molecule has 4 nitrogen and oxygen atoms in total. The average Bonchev–Trinajstić information content (AvgIpc) is 3.47. The number of hydrogen-bond donors (Lipinski definition) is 1. The van der Waals surface area contributed by atoms with Crippen molar-refractivity contribution in [1.82, 2.24) is 0 Å². The normalized spacial score (nSPS) is 46.3. The zero-order valence-corrected chi connectivity index (χ0v) is 19.0. The van der Waals surface area contributed by atoms with Crippen LogP contribution in [-0.4, -0.2) is 43.9 Å². The molecular weight excluding hydrogens is 386 g/mol. The fourth-order valence-electron chi connectivity index (χ4n) is 7.94.